The topological polar surface area (TPSA) is 80.7 Å². The van der Waals surface area contributed by atoms with E-state index in [1.165, 1.54) is 56.9 Å². The summed E-state index contributed by atoms with van der Waals surface area (Å²) in [6.45, 7) is 35.1. The van der Waals surface area contributed by atoms with E-state index in [0.29, 0.717) is 47.7 Å². The third-order valence-electron chi connectivity index (χ3n) is 26.9. The molecule has 10 aliphatic rings. The predicted octanol–water partition coefficient (Wildman–Crippen LogP) is 15.6. The van der Waals surface area contributed by atoms with Crippen molar-refractivity contribution < 1.29 is 24.2 Å². The number of aliphatic carboxylic acids is 1. The second-order valence-corrected chi connectivity index (χ2v) is 30.8. The van der Waals surface area contributed by atoms with Gasteiger partial charge in [-0.05, 0) is 219 Å². The summed E-state index contributed by atoms with van der Waals surface area (Å²) >= 11 is 0. The molecule has 0 aromatic carbocycles. The molecule has 0 aromatic rings. The van der Waals surface area contributed by atoms with Crippen molar-refractivity contribution in [3.05, 3.63) is 11.6 Å². The Morgan fingerprint density at radius 1 is 0.591 bits per heavy atom. The van der Waals surface area contributed by atoms with Crippen LogP contribution in [-0.2, 0) is 19.1 Å². The van der Waals surface area contributed by atoms with Crippen LogP contribution in [0.3, 0.4) is 0 Å². The number of ether oxygens (including phenoxy) is 1. The molecule has 2 unspecified atom stereocenters. The maximum absolute atomic E-state index is 15.0. The van der Waals surface area contributed by atoms with Crippen molar-refractivity contribution >= 4 is 17.7 Å². The molecule has 0 aromatic heterocycles. The van der Waals surface area contributed by atoms with Gasteiger partial charge in [-0.25, -0.2) is 0 Å². The largest absolute Gasteiger partial charge is 0.481 e. The number of allylic oxidation sites excluding steroid dienone is 2. The van der Waals surface area contributed by atoms with Crippen LogP contribution in [0.4, 0.5) is 0 Å². The van der Waals surface area contributed by atoms with Crippen LogP contribution in [0.5, 0.6) is 0 Å². The third-order valence-corrected chi connectivity index (χ3v) is 26.9. The zero-order valence-corrected chi connectivity index (χ0v) is 44.8. The first kappa shape index (κ1) is 48.0. The molecule has 66 heavy (non-hydrogen) atoms. The van der Waals surface area contributed by atoms with Crippen molar-refractivity contribution in [2.45, 2.75) is 244 Å². The highest BCUT2D eigenvalue weighted by Gasteiger charge is 2.72. The first-order valence-corrected chi connectivity index (χ1v) is 28.1. The summed E-state index contributed by atoms with van der Waals surface area (Å²) in [5.41, 5.74) is 2.00. The van der Waals surface area contributed by atoms with Crippen LogP contribution in [0.2, 0.25) is 0 Å². The van der Waals surface area contributed by atoms with Crippen LogP contribution < -0.4 is 0 Å². The Morgan fingerprint density at radius 3 is 1.92 bits per heavy atom. The molecule has 9 saturated carbocycles. The van der Waals surface area contributed by atoms with Gasteiger partial charge < -0.3 is 9.84 Å². The average molecular weight is 909 g/mol. The van der Waals surface area contributed by atoms with Crippen LogP contribution in [0.15, 0.2) is 11.6 Å². The number of hydrogen-bond acceptors (Lipinski definition) is 4. The van der Waals surface area contributed by atoms with E-state index in [4.69, 9.17) is 4.74 Å². The summed E-state index contributed by atoms with van der Waals surface area (Å²) in [7, 11) is 0. The van der Waals surface area contributed by atoms with Crippen molar-refractivity contribution in [2.24, 2.45) is 106 Å². The fraction of sp³-hybridized carbons (Fsp3) is 0.918. The summed E-state index contributed by atoms with van der Waals surface area (Å²) in [6, 6.07) is 0. The number of hydrogen-bond donors (Lipinski definition) is 1. The average Bonchev–Trinajstić information content (AvgIpc) is 3.21. The lowest BCUT2D eigenvalue weighted by molar-refractivity contribution is -0.245. The third kappa shape index (κ3) is 6.15. The molecule has 0 spiro atoms. The predicted molar refractivity (Wildman–Crippen MR) is 265 cm³/mol. The molecule has 10 rings (SSSR count). The first-order valence-electron chi connectivity index (χ1n) is 28.1. The molecule has 0 aliphatic heterocycles. The number of esters is 1. The monoisotopic (exact) mass is 909 g/mol. The Hall–Kier alpha value is -1.65. The van der Waals surface area contributed by atoms with Gasteiger partial charge in [0.25, 0.3) is 0 Å². The normalized spacial score (nSPS) is 52.8. The molecule has 5 nitrogen and oxygen atoms in total. The number of fused-ring (bicyclic) bond motifs is 14. The SMILES string of the molecule is CC1(C)CC[C@]2(CC(=O)O[C@H]3CC[C@]4(C)[C@H]5CC=C6[C@@H]7CC(C)(C)CC[C@]7(C(=O)O)CC[C@@]6(C)[C@]5(C)CC[C@H]4C3(C)C)CC[C@]3(C)[C@H](CCC4[C@@]5(C)CCC(=O)C(C)(C)C5CC[C@]43C)[C@H]2C1. The maximum atomic E-state index is 15.0. The highest BCUT2D eigenvalue weighted by Crippen LogP contribution is 2.79. The summed E-state index contributed by atoms with van der Waals surface area (Å²) in [5.74, 6) is 3.48. The minimum atomic E-state index is -0.606. The molecule has 10 aliphatic carbocycles. The van der Waals surface area contributed by atoms with E-state index >= 15 is 0 Å². The number of rotatable bonds is 4. The first-order chi connectivity index (χ1) is 30.4. The van der Waals surface area contributed by atoms with Gasteiger partial charge in [0.1, 0.15) is 11.9 Å². The Morgan fingerprint density at radius 2 is 1.21 bits per heavy atom. The van der Waals surface area contributed by atoms with Gasteiger partial charge in [-0.1, -0.05) is 109 Å². The molecular formula is C61H96O5. The molecule has 1 N–H and O–H groups in total. The maximum Gasteiger partial charge on any atom is 0.310 e. The molecular weight excluding hydrogens is 813 g/mol. The fourth-order valence-electron chi connectivity index (χ4n) is 22.6. The minimum Gasteiger partial charge on any atom is -0.481 e. The quantitative estimate of drug-likeness (QED) is 0.224. The highest BCUT2D eigenvalue weighted by atomic mass is 16.5. The van der Waals surface area contributed by atoms with Crippen molar-refractivity contribution in [3.63, 3.8) is 0 Å². The molecule has 0 radical (unpaired) electrons. The standard InChI is InChI=1S/C61H96O5/c1-50(2)27-31-60(32-29-56(11)38(40(60)35-50)15-17-44-54(9)23-21-46(62)52(5,6)42(54)19-25-58(44,56)13)37-48(63)66-47-22-24-55(10)43(53(47,7)8)20-26-59(14)45(55)18-16-39-41-36-51(3,4)28-33-61(41,49(64)65)34-30-57(39,59)12/h16,38,40-45,47H,15,17-37H2,1-14H3,(H,64,65)/t38-,40-,41+,42?,43+,44?,45-,47+,54+,55+,56-,57-,58-,59-,60-,61+/m1/s1. The van der Waals surface area contributed by atoms with Gasteiger partial charge in [0.05, 0.1) is 11.8 Å². The molecule has 370 valence electrons. The van der Waals surface area contributed by atoms with Crippen LogP contribution in [0.1, 0.15) is 238 Å². The number of carbonyl (C=O) groups is 3. The summed E-state index contributed by atoms with van der Waals surface area (Å²) in [5, 5.41) is 10.9. The van der Waals surface area contributed by atoms with Crippen molar-refractivity contribution in [1.29, 1.82) is 0 Å². The lowest BCUT2D eigenvalue weighted by Gasteiger charge is -2.73. The van der Waals surface area contributed by atoms with E-state index in [0.717, 1.165) is 83.5 Å². The number of carbonyl (C=O) groups excluding carboxylic acids is 2. The van der Waals surface area contributed by atoms with Gasteiger partial charge >= 0.3 is 11.9 Å². The van der Waals surface area contributed by atoms with Gasteiger partial charge in [0, 0.05) is 17.3 Å². The minimum absolute atomic E-state index is 0.0101. The van der Waals surface area contributed by atoms with Crippen molar-refractivity contribution in [3.8, 4) is 0 Å². The lowest BCUT2D eigenvalue weighted by atomic mass is 9.31. The van der Waals surface area contributed by atoms with Crippen molar-refractivity contribution in [1.82, 2.24) is 0 Å². The summed E-state index contributed by atoms with van der Waals surface area (Å²) < 4.78 is 7.01. The summed E-state index contributed by atoms with van der Waals surface area (Å²) in [6.07, 6.45) is 25.9. The highest BCUT2D eigenvalue weighted by molar-refractivity contribution is 5.85. The molecule has 16 atom stereocenters. The Labute approximate surface area is 402 Å². The van der Waals surface area contributed by atoms with E-state index in [1.54, 1.807) is 0 Å². The summed E-state index contributed by atoms with van der Waals surface area (Å²) in [4.78, 5) is 41.5. The molecule has 0 saturated heterocycles. The second kappa shape index (κ2) is 14.5. The smallest absolute Gasteiger partial charge is 0.310 e. The van der Waals surface area contributed by atoms with Crippen LogP contribution >= 0.6 is 0 Å². The van der Waals surface area contributed by atoms with Crippen LogP contribution in [-0.4, -0.2) is 28.9 Å². The number of carboxylic acid groups (broad SMARTS) is 1. The van der Waals surface area contributed by atoms with E-state index in [2.05, 4.69) is 103 Å². The molecule has 5 heteroatoms. The fourth-order valence-corrected chi connectivity index (χ4v) is 22.6. The Bertz CT molecular complexity index is 2070. The van der Waals surface area contributed by atoms with Crippen LogP contribution in [0.25, 0.3) is 0 Å². The number of carboxylic acids is 1. The number of ketones is 1. The van der Waals surface area contributed by atoms with Gasteiger partial charge in [0.2, 0.25) is 0 Å². The van der Waals surface area contributed by atoms with Gasteiger partial charge in [-0.3, -0.25) is 14.4 Å². The molecule has 0 amide bonds. The van der Waals surface area contributed by atoms with Crippen molar-refractivity contribution in [2.75, 3.05) is 0 Å². The van der Waals surface area contributed by atoms with Gasteiger partial charge in [0.15, 0.2) is 0 Å². The van der Waals surface area contributed by atoms with E-state index in [-0.39, 0.29) is 77.6 Å². The van der Waals surface area contributed by atoms with Crippen LogP contribution in [0, 0.1) is 106 Å². The van der Waals surface area contributed by atoms with E-state index in [1.807, 2.05) is 0 Å². The zero-order chi connectivity index (χ0) is 47.9. The molecule has 0 heterocycles. The Kier molecular flexibility index (Phi) is 10.5. The lowest BCUT2D eigenvalue weighted by Crippen LogP contribution is -2.67. The number of Topliss-reactive ketones (excluding diaryl/α,β-unsaturated/α-hetero) is 1. The van der Waals surface area contributed by atoms with E-state index in [9.17, 15) is 19.5 Å². The second-order valence-electron chi connectivity index (χ2n) is 30.8. The van der Waals surface area contributed by atoms with Gasteiger partial charge in [-0.15, -0.1) is 0 Å². The molecule has 0 bridgehead atoms. The molecule has 9 fully saturated rings. The Balaban J connectivity index is 0.879. The van der Waals surface area contributed by atoms with Gasteiger partial charge in [-0.2, -0.15) is 0 Å². The van der Waals surface area contributed by atoms with E-state index < -0.39 is 11.4 Å². The zero-order valence-electron chi connectivity index (χ0n) is 44.8.